The first-order valence-electron chi connectivity index (χ1n) is 8.58. The van der Waals surface area contributed by atoms with Crippen LogP contribution >= 0.6 is 0 Å². The van der Waals surface area contributed by atoms with E-state index in [9.17, 15) is 4.79 Å². The Morgan fingerprint density at radius 2 is 1.91 bits per heavy atom. The van der Waals surface area contributed by atoms with E-state index in [0.717, 1.165) is 32.5 Å². The van der Waals surface area contributed by atoms with E-state index in [0.29, 0.717) is 30.3 Å². The Morgan fingerprint density at radius 3 is 2.57 bits per heavy atom. The molecule has 1 aromatic carbocycles. The SMILES string of the molecule is CCCOc1ccc(C(=O)N2CCNC[C@H]2C)cc1OCCC. The molecule has 1 saturated heterocycles. The maximum atomic E-state index is 12.8. The van der Waals surface area contributed by atoms with Crippen molar-refractivity contribution in [3.63, 3.8) is 0 Å². The Hall–Kier alpha value is -1.75. The fourth-order valence-electron chi connectivity index (χ4n) is 2.61. The molecule has 1 fully saturated rings. The van der Waals surface area contributed by atoms with Crippen molar-refractivity contribution in [1.29, 1.82) is 0 Å². The van der Waals surface area contributed by atoms with Crippen molar-refractivity contribution in [2.45, 2.75) is 39.7 Å². The maximum Gasteiger partial charge on any atom is 0.254 e. The predicted molar refractivity (Wildman–Crippen MR) is 91.4 cm³/mol. The van der Waals surface area contributed by atoms with Gasteiger partial charge in [-0.05, 0) is 38.0 Å². The molecule has 128 valence electrons. The van der Waals surface area contributed by atoms with Gasteiger partial charge in [-0.25, -0.2) is 0 Å². The molecule has 1 aliphatic heterocycles. The molecule has 0 aliphatic carbocycles. The van der Waals surface area contributed by atoms with Crippen LogP contribution in [0.15, 0.2) is 18.2 Å². The molecule has 0 radical (unpaired) electrons. The van der Waals surface area contributed by atoms with Crippen molar-refractivity contribution in [2.75, 3.05) is 32.8 Å². The molecule has 0 aromatic heterocycles. The first kappa shape index (κ1) is 17.6. The molecule has 1 heterocycles. The van der Waals surface area contributed by atoms with Gasteiger partial charge in [0.05, 0.1) is 13.2 Å². The topological polar surface area (TPSA) is 50.8 Å². The smallest absolute Gasteiger partial charge is 0.254 e. The van der Waals surface area contributed by atoms with Gasteiger partial charge in [0, 0.05) is 31.2 Å². The van der Waals surface area contributed by atoms with Gasteiger partial charge in [-0.15, -0.1) is 0 Å². The van der Waals surface area contributed by atoms with Crippen LogP contribution in [0.5, 0.6) is 11.5 Å². The molecular formula is C18H28N2O3. The summed E-state index contributed by atoms with van der Waals surface area (Å²) in [6.45, 7) is 9.86. The summed E-state index contributed by atoms with van der Waals surface area (Å²) in [5.41, 5.74) is 0.661. The van der Waals surface area contributed by atoms with Gasteiger partial charge in [0.2, 0.25) is 0 Å². The summed E-state index contributed by atoms with van der Waals surface area (Å²) >= 11 is 0. The van der Waals surface area contributed by atoms with E-state index in [4.69, 9.17) is 9.47 Å². The van der Waals surface area contributed by atoms with Gasteiger partial charge in [-0.3, -0.25) is 4.79 Å². The number of piperazine rings is 1. The molecule has 1 aliphatic rings. The third-order valence-electron chi connectivity index (χ3n) is 3.88. The number of benzene rings is 1. The van der Waals surface area contributed by atoms with Crippen LogP contribution in [0.4, 0.5) is 0 Å². The van der Waals surface area contributed by atoms with E-state index in [1.165, 1.54) is 0 Å². The van der Waals surface area contributed by atoms with Gasteiger partial charge in [0.25, 0.3) is 5.91 Å². The molecule has 1 N–H and O–H groups in total. The lowest BCUT2D eigenvalue weighted by Crippen LogP contribution is -2.52. The summed E-state index contributed by atoms with van der Waals surface area (Å²) in [6.07, 6.45) is 1.85. The van der Waals surface area contributed by atoms with Crippen LogP contribution in [-0.4, -0.2) is 49.7 Å². The minimum Gasteiger partial charge on any atom is -0.490 e. The largest absolute Gasteiger partial charge is 0.490 e. The highest BCUT2D eigenvalue weighted by molar-refractivity contribution is 5.95. The van der Waals surface area contributed by atoms with Crippen LogP contribution in [-0.2, 0) is 0 Å². The molecule has 1 aromatic rings. The number of ether oxygens (including phenoxy) is 2. The first-order chi connectivity index (χ1) is 11.2. The van der Waals surface area contributed by atoms with Crippen LogP contribution in [0.25, 0.3) is 0 Å². The third kappa shape index (κ3) is 4.61. The molecule has 0 saturated carbocycles. The fourth-order valence-corrected chi connectivity index (χ4v) is 2.61. The Balaban J connectivity index is 2.19. The highest BCUT2D eigenvalue weighted by Gasteiger charge is 2.24. The standard InChI is InChI=1S/C18H28N2O3/c1-4-10-22-16-7-6-15(12-17(16)23-11-5-2)18(21)20-9-8-19-13-14(20)3/h6-7,12,14,19H,4-5,8-11,13H2,1-3H3/t14-/m1/s1. The van der Waals surface area contributed by atoms with Crippen molar-refractivity contribution >= 4 is 5.91 Å². The first-order valence-corrected chi connectivity index (χ1v) is 8.58. The number of hydrogen-bond acceptors (Lipinski definition) is 4. The summed E-state index contributed by atoms with van der Waals surface area (Å²) in [7, 11) is 0. The number of carbonyl (C=O) groups excluding carboxylic acids is 1. The number of amides is 1. The van der Waals surface area contributed by atoms with Crippen molar-refractivity contribution in [3.8, 4) is 11.5 Å². The highest BCUT2D eigenvalue weighted by Crippen LogP contribution is 2.29. The van der Waals surface area contributed by atoms with Crippen molar-refractivity contribution in [2.24, 2.45) is 0 Å². The number of nitrogens with one attached hydrogen (secondary N) is 1. The molecule has 2 rings (SSSR count). The van der Waals surface area contributed by atoms with Crippen molar-refractivity contribution in [3.05, 3.63) is 23.8 Å². The number of hydrogen-bond donors (Lipinski definition) is 1. The van der Waals surface area contributed by atoms with Gasteiger partial charge < -0.3 is 19.7 Å². The Labute approximate surface area is 139 Å². The van der Waals surface area contributed by atoms with Crippen molar-refractivity contribution in [1.82, 2.24) is 10.2 Å². The predicted octanol–water partition coefficient (Wildman–Crippen LogP) is 2.70. The second-order valence-corrected chi connectivity index (χ2v) is 5.91. The second-order valence-electron chi connectivity index (χ2n) is 5.91. The zero-order valence-electron chi connectivity index (χ0n) is 14.4. The molecule has 1 atom stereocenters. The third-order valence-corrected chi connectivity index (χ3v) is 3.88. The Morgan fingerprint density at radius 1 is 1.22 bits per heavy atom. The fraction of sp³-hybridized carbons (Fsp3) is 0.611. The average Bonchev–Trinajstić information content (AvgIpc) is 2.58. The van der Waals surface area contributed by atoms with E-state index >= 15 is 0 Å². The van der Waals surface area contributed by atoms with Gasteiger partial charge in [0.15, 0.2) is 11.5 Å². The van der Waals surface area contributed by atoms with Gasteiger partial charge >= 0.3 is 0 Å². The summed E-state index contributed by atoms with van der Waals surface area (Å²) in [5.74, 6) is 1.43. The summed E-state index contributed by atoms with van der Waals surface area (Å²) in [6, 6.07) is 5.70. The van der Waals surface area contributed by atoms with E-state index in [2.05, 4.69) is 26.1 Å². The van der Waals surface area contributed by atoms with E-state index < -0.39 is 0 Å². The lowest BCUT2D eigenvalue weighted by Gasteiger charge is -2.34. The normalized spacial score (nSPS) is 17.9. The van der Waals surface area contributed by atoms with Crippen molar-refractivity contribution < 1.29 is 14.3 Å². The number of carbonyl (C=O) groups is 1. The second kappa shape index (κ2) is 8.77. The molecule has 0 unspecified atom stereocenters. The van der Waals surface area contributed by atoms with E-state index in [1.807, 2.05) is 23.1 Å². The average molecular weight is 320 g/mol. The van der Waals surface area contributed by atoms with Gasteiger partial charge in [-0.1, -0.05) is 13.8 Å². The quantitative estimate of drug-likeness (QED) is 0.839. The maximum absolute atomic E-state index is 12.8. The Bertz CT molecular complexity index is 519. The van der Waals surface area contributed by atoms with Crippen LogP contribution in [0.1, 0.15) is 44.0 Å². The molecule has 5 heteroatoms. The number of rotatable bonds is 7. The molecule has 5 nitrogen and oxygen atoms in total. The van der Waals surface area contributed by atoms with E-state index in [1.54, 1.807) is 0 Å². The molecule has 0 bridgehead atoms. The van der Waals surface area contributed by atoms with Crippen LogP contribution in [0, 0.1) is 0 Å². The Kier molecular flexibility index (Phi) is 6.71. The van der Waals surface area contributed by atoms with Crippen LogP contribution < -0.4 is 14.8 Å². The summed E-state index contributed by atoms with van der Waals surface area (Å²) < 4.78 is 11.5. The zero-order valence-corrected chi connectivity index (χ0v) is 14.4. The lowest BCUT2D eigenvalue weighted by molar-refractivity contribution is 0.0655. The van der Waals surface area contributed by atoms with Gasteiger partial charge in [0.1, 0.15) is 0 Å². The highest BCUT2D eigenvalue weighted by atomic mass is 16.5. The molecular weight excluding hydrogens is 292 g/mol. The molecule has 23 heavy (non-hydrogen) atoms. The van der Waals surface area contributed by atoms with Crippen LogP contribution in [0.3, 0.4) is 0 Å². The molecule has 0 spiro atoms. The zero-order chi connectivity index (χ0) is 16.7. The number of nitrogens with zero attached hydrogens (tertiary/aromatic N) is 1. The summed E-state index contributed by atoms with van der Waals surface area (Å²) in [4.78, 5) is 14.7. The minimum atomic E-state index is 0.0578. The van der Waals surface area contributed by atoms with Crippen LogP contribution in [0.2, 0.25) is 0 Å². The van der Waals surface area contributed by atoms with E-state index in [-0.39, 0.29) is 11.9 Å². The molecule has 1 amide bonds. The minimum absolute atomic E-state index is 0.0578. The summed E-state index contributed by atoms with van der Waals surface area (Å²) in [5, 5.41) is 3.30. The monoisotopic (exact) mass is 320 g/mol. The van der Waals surface area contributed by atoms with Gasteiger partial charge in [-0.2, -0.15) is 0 Å². The lowest BCUT2D eigenvalue weighted by atomic mass is 10.1.